The van der Waals surface area contributed by atoms with Gasteiger partial charge in [-0.05, 0) is 34.6 Å². The first-order chi connectivity index (χ1) is 8.69. The van der Waals surface area contributed by atoms with Crippen molar-refractivity contribution < 1.29 is 9.84 Å². The quantitative estimate of drug-likeness (QED) is 0.436. The normalized spacial score (nSPS) is 12.2. The molecule has 5 N–H and O–H groups in total. The van der Waals surface area contributed by atoms with E-state index in [9.17, 15) is 5.11 Å². The zero-order chi connectivity index (χ0) is 14.7. The Hall–Kier alpha value is -1.67. The molecule has 1 aromatic rings. The molecule has 108 valence electrons. The molecule has 1 rings (SSSR count). The summed E-state index contributed by atoms with van der Waals surface area (Å²) in [7, 11) is 0. The summed E-state index contributed by atoms with van der Waals surface area (Å²) >= 11 is 0. The van der Waals surface area contributed by atoms with Crippen molar-refractivity contribution in [3.8, 4) is 6.01 Å². The molecule has 0 aliphatic heterocycles. The number of nitrogens with one attached hydrogen (secondary N) is 2. The van der Waals surface area contributed by atoms with Crippen LogP contribution in [-0.2, 0) is 0 Å². The van der Waals surface area contributed by atoms with Gasteiger partial charge in [0.15, 0.2) is 0 Å². The molecule has 0 saturated carbocycles. The molecular weight excluding hydrogens is 248 g/mol. The van der Waals surface area contributed by atoms with Crippen LogP contribution in [0.1, 0.15) is 34.6 Å². The maximum atomic E-state index is 10.1. The monoisotopic (exact) mass is 270 g/mol. The third kappa shape index (κ3) is 3.90. The average molecular weight is 270 g/mol. The Morgan fingerprint density at radius 2 is 1.74 bits per heavy atom. The molecular formula is C11H22N6O2. The highest BCUT2D eigenvalue weighted by Crippen LogP contribution is 2.25. The molecule has 0 amide bonds. The van der Waals surface area contributed by atoms with Crippen LogP contribution in [0.15, 0.2) is 0 Å². The van der Waals surface area contributed by atoms with E-state index in [0.717, 1.165) is 0 Å². The Morgan fingerprint density at radius 1 is 1.16 bits per heavy atom. The van der Waals surface area contributed by atoms with Gasteiger partial charge in [0.05, 0.1) is 17.7 Å². The van der Waals surface area contributed by atoms with E-state index >= 15 is 0 Å². The van der Waals surface area contributed by atoms with Crippen LogP contribution in [0.25, 0.3) is 0 Å². The molecule has 19 heavy (non-hydrogen) atoms. The van der Waals surface area contributed by atoms with E-state index in [0.29, 0.717) is 6.61 Å². The van der Waals surface area contributed by atoms with Crippen molar-refractivity contribution in [3.63, 3.8) is 0 Å². The maximum Gasteiger partial charge on any atom is 0.323 e. The SMILES string of the molecule is CCOc1nc(NN)nc(NC(C)(C)C(C)(C)O)n1. The number of nitrogens with two attached hydrogens (primary N) is 1. The van der Waals surface area contributed by atoms with E-state index in [1.807, 2.05) is 20.8 Å². The van der Waals surface area contributed by atoms with Gasteiger partial charge in [-0.1, -0.05) is 0 Å². The molecule has 0 aromatic carbocycles. The van der Waals surface area contributed by atoms with E-state index in [2.05, 4.69) is 25.7 Å². The number of hydrogen-bond acceptors (Lipinski definition) is 8. The summed E-state index contributed by atoms with van der Waals surface area (Å²) in [4.78, 5) is 12.1. The standard InChI is InChI=1S/C11H22N6O2/c1-6-19-9-14-7(13-8(15-9)17-12)16-10(2,3)11(4,5)18/h18H,6,12H2,1-5H3,(H2,13,14,15,16,17). The zero-order valence-corrected chi connectivity index (χ0v) is 12.0. The largest absolute Gasteiger partial charge is 0.464 e. The number of nitrogen functional groups attached to an aromatic ring is 1. The molecule has 0 unspecified atom stereocenters. The number of anilines is 2. The summed E-state index contributed by atoms with van der Waals surface area (Å²) in [6.07, 6.45) is 0. The van der Waals surface area contributed by atoms with Gasteiger partial charge in [0.2, 0.25) is 11.9 Å². The zero-order valence-electron chi connectivity index (χ0n) is 12.0. The van der Waals surface area contributed by atoms with Crippen molar-refractivity contribution in [2.75, 3.05) is 17.3 Å². The lowest BCUT2D eigenvalue weighted by Crippen LogP contribution is -2.51. The fourth-order valence-corrected chi connectivity index (χ4v) is 1.10. The lowest BCUT2D eigenvalue weighted by Gasteiger charge is -2.37. The summed E-state index contributed by atoms with van der Waals surface area (Å²) < 4.78 is 5.23. The number of nitrogens with zero attached hydrogens (tertiary/aromatic N) is 3. The fraction of sp³-hybridized carbons (Fsp3) is 0.727. The highest BCUT2D eigenvalue weighted by atomic mass is 16.5. The topological polar surface area (TPSA) is 118 Å². The fourth-order valence-electron chi connectivity index (χ4n) is 1.10. The van der Waals surface area contributed by atoms with Crippen LogP contribution < -0.4 is 21.3 Å². The highest BCUT2D eigenvalue weighted by molar-refractivity contribution is 5.37. The predicted molar refractivity (Wildman–Crippen MR) is 72.8 cm³/mol. The van der Waals surface area contributed by atoms with Crippen LogP contribution in [0.3, 0.4) is 0 Å². The van der Waals surface area contributed by atoms with E-state index in [-0.39, 0.29) is 17.9 Å². The lowest BCUT2D eigenvalue weighted by molar-refractivity contribution is 0.0236. The molecule has 0 aliphatic carbocycles. The third-order valence-electron chi connectivity index (χ3n) is 2.97. The molecule has 8 heteroatoms. The minimum atomic E-state index is -0.971. The summed E-state index contributed by atoms with van der Waals surface area (Å²) in [5.41, 5.74) is 0.726. The molecule has 0 bridgehead atoms. The minimum Gasteiger partial charge on any atom is -0.464 e. The summed E-state index contributed by atoms with van der Waals surface area (Å²) in [6.45, 7) is 9.34. The highest BCUT2D eigenvalue weighted by Gasteiger charge is 2.35. The number of aliphatic hydroxyl groups is 1. The maximum absolute atomic E-state index is 10.1. The Balaban J connectivity index is 3.03. The van der Waals surface area contributed by atoms with Gasteiger partial charge < -0.3 is 15.2 Å². The van der Waals surface area contributed by atoms with E-state index in [4.69, 9.17) is 10.6 Å². The van der Waals surface area contributed by atoms with Gasteiger partial charge >= 0.3 is 6.01 Å². The van der Waals surface area contributed by atoms with Gasteiger partial charge in [-0.15, -0.1) is 0 Å². The van der Waals surface area contributed by atoms with Gasteiger partial charge in [0, 0.05) is 0 Å². The van der Waals surface area contributed by atoms with Gasteiger partial charge in [-0.3, -0.25) is 5.43 Å². The lowest BCUT2D eigenvalue weighted by atomic mass is 9.86. The molecule has 0 aliphatic rings. The van der Waals surface area contributed by atoms with Crippen LogP contribution in [0.5, 0.6) is 6.01 Å². The summed E-state index contributed by atoms with van der Waals surface area (Å²) in [5.74, 6) is 5.76. The first kappa shape index (κ1) is 15.4. The minimum absolute atomic E-state index is 0.166. The van der Waals surface area contributed by atoms with E-state index in [1.54, 1.807) is 13.8 Å². The third-order valence-corrected chi connectivity index (χ3v) is 2.97. The number of rotatable bonds is 6. The predicted octanol–water partition coefficient (Wildman–Crippen LogP) is 0.517. The van der Waals surface area contributed by atoms with E-state index < -0.39 is 11.1 Å². The van der Waals surface area contributed by atoms with Crippen LogP contribution >= 0.6 is 0 Å². The second-order valence-corrected chi connectivity index (χ2v) is 5.15. The molecule has 1 heterocycles. The molecule has 0 atom stereocenters. The molecule has 0 spiro atoms. The Labute approximate surface area is 112 Å². The van der Waals surface area contributed by atoms with Gasteiger partial charge in [-0.2, -0.15) is 15.0 Å². The van der Waals surface area contributed by atoms with Crippen LogP contribution in [0, 0.1) is 0 Å². The Kier molecular flexibility index (Phi) is 4.48. The van der Waals surface area contributed by atoms with Crippen LogP contribution in [0.2, 0.25) is 0 Å². The van der Waals surface area contributed by atoms with Gasteiger partial charge in [0.1, 0.15) is 0 Å². The first-order valence-corrected chi connectivity index (χ1v) is 6.05. The second kappa shape index (κ2) is 5.54. The van der Waals surface area contributed by atoms with Crippen LogP contribution in [-0.4, -0.2) is 37.8 Å². The van der Waals surface area contributed by atoms with Crippen molar-refractivity contribution in [1.82, 2.24) is 15.0 Å². The van der Waals surface area contributed by atoms with Gasteiger partial charge in [-0.25, -0.2) is 5.84 Å². The first-order valence-electron chi connectivity index (χ1n) is 6.05. The number of hydrazine groups is 1. The van der Waals surface area contributed by atoms with Gasteiger partial charge in [0.25, 0.3) is 0 Å². The smallest absolute Gasteiger partial charge is 0.323 e. The number of aromatic nitrogens is 3. The molecule has 1 aromatic heterocycles. The molecule has 8 nitrogen and oxygen atoms in total. The summed E-state index contributed by atoms with van der Waals surface area (Å²) in [6, 6.07) is 0.166. The van der Waals surface area contributed by atoms with Crippen molar-refractivity contribution in [2.45, 2.75) is 45.8 Å². The van der Waals surface area contributed by atoms with E-state index in [1.165, 1.54) is 0 Å². The Bertz CT molecular complexity index is 430. The number of ether oxygens (including phenoxy) is 1. The van der Waals surface area contributed by atoms with Crippen molar-refractivity contribution in [2.24, 2.45) is 5.84 Å². The Morgan fingerprint density at radius 3 is 2.21 bits per heavy atom. The summed E-state index contributed by atoms with van der Waals surface area (Å²) in [5, 5.41) is 13.1. The molecule has 0 saturated heterocycles. The van der Waals surface area contributed by atoms with Crippen molar-refractivity contribution in [3.05, 3.63) is 0 Å². The van der Waals surface area contributed by atoms with Crippen molar-refractivity contribution >= 4 is 11.9 Å². The molecule has 0 fully saturated rings. The average Bonchev–Trinajstić information content (AvgIpc) is 2.26. The van der Waals surface area contributed by atoms with Crippen LogP contribution in [0.4, 0.5) is 11.9 Å². The van der Waals surface area contributed by atoms with Crippen molar-refractivity contribution in [1.29, 1.82) is 0 Å². The number of hydrogen-bond donors (Lipinski definition) is 4. The molecule has 0 radical (unpaired) electrons. The second-order valence-electron chi connectivity index (χ2n) is 5.15.